The maximum Gasteiger partial charge on any atom is 0.335 e. The number of nitrogens with zero attached hydrogens (tertiary/aromatic N) is 1. The number of carboxylic acid groups (broad SMARTS) is 1. The van der Waals surface area contributed by atoms with Gasteiger partial charge in [0.1, 0.15) is 0 Å². The molecule has 3 amide bonds. The van der Waals surface area contributed by atoms with Crippen molar-refractivity contribution in [1.29, 1.82) is 0 Å². The molecule has 0 bridgehead atoms. The summed E-state index contributed by atoms with van der Waals surface area (Å²) in [5.41, 5.74) is 1.26. The molecule has 2 aromatic carbocycles. The minimum atomic E-state index is -1.06. The first-order valence-electron chi connectivity index (χ1n) is 8.90. The van der Waals surface area contributed by atoms with Gasteiger partial charge in [0.2, 0.25) is 5.91 Å². The minimum absolute atomic E-state index is 0.0903. The van der Waals surface area contributed by atoms with E-state index < -0.39 is 29.1 Å². The molecule has 30 heavy (non-hydrogen) atoms. The number of rotatable bonds is 6. The van der Waals surface area contributed by atoms with Crippen LogP contribution in [0.4, 0.5) is 10.5 Å². The molecule has 2 aromatic rings. The van der Waals surface area contributed by atoms with Crippen molar-refractivity contribution >= 4 is 58.1 Å². The Hall–Kier alpha value is -3.10. The Morgan fingerprint density at radius 2 is 1.77 bits per heavy atom. The maximum absolute atomic E-state index is 12.7. The average molecular weight is 445 g/mol. The van der Waals surface area contributed by atoms with Gasteiger partial charge < -0.3 is 10.4 Å². The van der Waals surface area contributed by atoms with Gasteiger partial charge in [-0.3, -0.25) is 19.3 Å². The number of halogens is 1. The molecule has 1 unspecified atom stereocenters. The van der Waals surface area contributed by atoms with Gasteiger partial charge in [-0.25, -0.2) is 4.79 Å². The van der Waals surface area contributed by atoms with Crippen LogP contribution in [0.1, 0.15) is 29.3 Å². The van der Waals surface area contributed by atoms with Gasteiger partial charge in [-0.05, 0) is 66.7 Å². The summed E-state index contributed by atoms with van der Waals surface area (Å²) >= 11 is 6.68. The summed E-state index contributed by atoms with van der Waals surface area (Å²) in [6, 6.07) is 11.9. The predicted octanol–water partition coefficient (Wildman–Crippen LogP) is 4.49. The van der Waals surface area contributed by atoms with Crippen molar-refractivity contribution in [3.63, 3.8) is 0 Å². The Morgan fingerprint density at radius 3 is 2.37 bits per heavy atom. The second-order valence-electron chi connectivity index (χ2n) is 6.59. The molecule has 0 spiro atoms. The van der Waals surface area contributed by atoms with Gasteiger partial charge in [-0.15, -0.1) is 0 Å². The van der Waals surface area contributed by atoms with Crippen molar-refractivity contribution < 1.29 is 24.3 Å². The zero-order valence-corrected chi connectivity index (χ0v) is 17.4. The molecule has 1 heterocycles. The lowest BCUT2D eigenvalue weighted by atomic mass is 10.1. The quantitative estimate of drug-likeness (QED) is 0.636. The van der Waals surface area contributed by atoms with Gasteiger partial charge in [-0.1, -0.05) is 23.7 Å². The lowest BCUT2D eigenvalue weighted by molar-refractivity contribution is -0.125. The summed E-state index contributed by atoms with van der Waals surface area (Å²) in [5, 5.41) is 11.7. The molecule has 1 fully saturated rings. The van der Waals surface area contributed by atoms with E-state index in [1.165, 1.54) is 24.3 Å². The van der Waals surface area contributed by atoms with Crippen molar-refractivity contribution in [3.8, 4) is 0 Å². The van der Waals surface area contributed by atoms with Crippen LogP contribution in [-0.2, 0) is 9.59 Å². The normalized spacial score (nSPS) is 16.1. The molecule has 1 aliphatic rings. The summed E-state index contributed by atoms with van der Waals surface area (Å²) in [6.07, 6.45) is 1.52. The number of anilines is 1. The highest BCUT2D eigenvalue weighted by atomic mass is 35.5. The standard InChI is InChI=1S/C21H17ClN2O5S/c1-12(10-18(25)23-16-8-4-14(5-9-16)20(27)28)24-19(26)17(30-21(24)29)11-13-2-6-15(22)7-3-13/h2-9,11-12H,10H2,1H3,(H,23,25)(H,27,28)/b17-11-. The first kappa shape index (κ1) is 21.6. The van der Waals surface area contributed by atoms with Crippen molar-refractivity contribution in [1.82, 2.24) is 4.90 Å². The van der Waals surface area contributed by atoms with Gasteiger partial charge in [0.25, 0.3) is 11.1 Å². The second-order valence-corrected chi connectivity index (χ2v) is 8.02. The van der Waals surface area contributed by atoms with E-state index in [2.05, 4.69) is 5.32 Å². The molecule has 0 saturated carbocycles. The Morgan fingerprint density at radius 1 is 1.13 bits per heavy atom. The summed E-state index contributed by atoms with van der Waals surface area (Å²) in [6.45, 7) is 1.62. The first-order chi connectivity index (χ1) is 14.2. The van der Waals surface area contributed by atoms with Crippen molar-refractivity contribution in [2.24, 2.45) is 0 Å². The third-order valence-corrected chi connectivity index (χ3v) is 5.46. The highest BCUT2D eigenvalue weighted by molar-refractivity contribution is 8.18. The van der Waals surface area contributed by atoms with E-state index >= 15 is 0 Å². The molecular weight excluding hydrogens is 428 g/mol. The molecule has 0 aromatic heterocycles. The number of amides is 3. The minimum Gasteiger partial charge on any atom is -0.478 e. The van der Waals surface area contributed by atoms with Crippen LogP contribution in [0, 0.1) is 0 Å². The van der Waals surface area contributed by atoms with E-state index in [9.17, 15) is 19.2 Å². The van der Waals surface area contributed by atoms with E-state index in [1.54, 1.807) is 37.3 Å². The van der Waals surface area contributed by atoms with Gasteiger partial charge in [-0.2, -0.15) is 0 Å². The fraction of sp³-hybridized carbons (Fsp3) is 0.143. The van der Waals surface area contributed by atoms with Crippen LogP contribution in [0.2, 0.25) is 5.02 Å². The third kappa shape index (κ3) is 5.08. The highest BCUT2D eigenvalue weighted by Gasteiger charge is 2.38. The number of imide groups is 1. The topological polar surface area (TPSA) is 104 Å². The number of carbonyl (C=O) groups is 4. The zero-order chi connectivity index (χ0) is 21.8. The van der Waals surface area contributed by atoms with Crippen LogP contribution in [0.15, 0.2) is 53.4 Å². The predicted molar refractivity (Wildman–Crippen MR) is 115 cm³/mol. The molecule has 3 rings (SSSR count). The van der Waals surface area contributed by atoms with Crippen LogP contribution in [0.3, 0.4) is 0 Å². The van der Waals surface area contributed by atoms with Gasteiger partial charge in [0.05, 0.1) is 10.5 Å². The van der Waals surface area contributed by atoms with E-state index in [4.69, 9.17) is 16.7 Å². The second kappa shape index (κ2) is 9.15. The van der Waals surface area contributed by atoms with E-state index in [0.717, 1.165) is 22.2 Å². The smallest absolute Gasteiger partial charge is 0.335 e. The number of benzene rings is 2. The number of hydrogen-bond acceptors (Lipinski definition) is 5. The number of nitrogens with one attached hydrogen (secondary N) is 1. The molecule has 0 radical (unpaired) electrons. The first-order valence-corrected chi connectivity index (χ1v) is 10.1. The van der Waals surface area contributed by atoms with E-state index in [0.29, 0.717) is 10.7 Å². The van der Waals surface area contributed by atoms with E-state index in [-0.39, 0.29) is 16.9 Å². The Balaban J connectivity index is 1.64. The maximum atomic E-state index is 12.7. The fourth-order valence-electron chi connectivity index (χ4n) is 2.84. The van der Waals surface area contributed by atoms with Crippen LogP contribution >= 0.6 is 23.4 Å². The molecule has 7 nitrogen and oxygen atoms in total. The van der Waals surface area contributed by atoms with Crippen molar-refractivity contribution in [2.75, 3.05) is 5.32 Å². The molecule has 1 aliphatic heterocycles. The van der Waals surface area contributed by atoms with Crippen LogP contribution in [-0.4, -0.2) is 39.1 Å². The summed E-state index contributed by atoms with van der Waals surface area (Å²) < 4.78 is 0. The molecular formula is C21H17ClN2O5S. The lowest BCUT2D eigenvalue weighted by Crippen LogP contribution is -2.39. The molecule has 9 heteroatoms. The van der Waals surface area contributed by atoms with Gasteiger partial charge in [0.15, 0.2) is 0 Å². The van der Waals surface area contributed by atoms with Crippen molar-refractivity contribution in [3.05, 3.63) is 69.6 Å². The largest absolute Gasteiger partial charge is 0.478 e. The lowest BCUT2D eigenvalue weighted by Gasteiger charge is -2.20. The molecule has 2 N–H and O–H groups in total. The van der Waals surface area contributed by atoms with Crippen LogP contribution < -0.4 is 5.32 Å². The third-order valence-electron chi connectivity index (χ3n) is 4.33. The number of aromatic carboxylic acids is 1. The summed E-state index contributed by atoms with van der Waals surface area (Å²) in [7, 11) is 0. The zero-order valence-electron chi connectivity index (χ0n) is 15.8. The monoisotopic (exact) mass is 444 g/mol. The highest BCUT2D eigenvalue weighted by Crippen LogP contribution is 2.34. The van der Waals surface area contributed by atoms with Crippen LogP contribution in [0.5, 0.6) is 0 Å². The number of thioether (sulfide) groups is 1. The summed E-state index contributed by atoms with van der Waals surface area (Å²) in [4.78, 5) is 49.5. The van der Waals surface area contributed by atoms with Crippen molar-refractivity contribution in [2.45, 2.75) is 19.4 Å². The van der Waals surface area contributed by atoms with Gasteiger partial charge in [0, 0.05) is 23.2 Å². The molecule has 1 atom stereocenters. The number of carbonyl (C=O) groups excluding carboxylic acids is 3. The van der Waals surface area contributed by atoms with E-state index in [1.807, 2.05) is 0 Å². The Bertz CT molecular complexity index is 1030. The Labute approximate surface area is 181 Å². The molecule has 0 aliphatic carbocycles. The molecule has 154 valence electrons. The number of carboxylic acids is 1. The van der Waals surface area contributed by atoms with Crippen LogP contribution in [0.25, 0.3) is 6.08 Å². The van der Waals surface area contributed by atoms with Gasteiger partial charge >= 0.3 is 5.97 Å². The Kier molecular flexibility index (Phi) is 6.59. The fourth-order valence-corrected chi connectivity index (χ4v) is 3.89. The average Bonchev–Trinajstić information content (AvgIpc) is 2.97. The molecule has 1 saturated heterocycles. The summed E-state index contributed by atoms with van der Waals surface area (Å²) in [5.74, 6) is -1.91. The number of hydrogen-bond donors (Lipinski definition) is 2. The SMILES string of the molecule is CC(CC(=O)Nc1ccc(C(=O)O)cc1)N1C(=O)S/C(=C\c2ccc(Cl)cc2)C1=O.